The topological polar surface area (TPSA) is 45.2 Å². The first-order valence-corrected chi connectivity index (χ1v) is 10.2. The van der Waals surface area contributed by atoms with E-state index in [0.29, 0.717) is 6.54 Å². The Kier molecular flexibility index (Phi) is 5.21. The first-order chi connectivity index (χ1) is 13.2. The summed E-state index contributed by atoms with van der Waals surface area (Å²) in [5.74, 6) is 0.982. The molecule has 0 bridgehead atoms. The molecular weight excluding hydrogens is 354 g/mol. The van der Waals surface area contributed by atoms with Gasteiger partial charge in [-0.05, 0) is 54.5 Å². The minimum absolute atomic E-state index is 0.0277. The van der Waals surface area contributed by atoms with Crippen LogP contribution in [0.5, 0.6) is 0 Å². The van der Waals surface area contributed by atoms with Crippen molar-refractivity contribution in [3.05, 3.63) is 70.0 Å². The monoisotopic (exact) mass is 377 g/mol. The maximum Gasteiger partial charge on any atom is 0.262 e. The smallest absolute Gasteiger partial charge is 0.262 e. The number of hydrogen-bond donors (Lipinski definition) is 1. The summed E-state index contributed by atoms with van der Waals surface area (Å²) in [5.41, 5.74) is 4.36. The third kappa shape index (κ3) is 4.03. The summed E-state index contributed by atoms with van der Waals surface area (Å²) in [6, 6.07) is 14.4. The van der Waals surface area contributed by atoms with Crippen LogP contribution in [0.15, 0.2) is 54.0 Å². The van der Waals surface area contributed by atoms with Crippen LogP contribution < -0.4 is 10.2 Å². The first-order valence-electron chi connectivity index (χ1n) is 9.33. The molecule has 27 heavy (non-hydrogen) atoms. The molecule has 1 amide bonds. The van der Waals surface area contributed by atoms with Gasteiger partial charge in [0.05, 0.1) is 4.88 Å². The fourth-order valence-electron chi connectivity index (χ4n) is 3.40. The van der Waals surface area contributed by atoms with Gasteiger partial charge in [-0.2, -0.15) is 0 Å². The Morgan fingerprint density at radius 1 is 1.15 bits per heavy atom. The zero-order chi connectivity index (χ0) is 18.6. The van der Waals surface area contributed by atoms with Gasteiger partial charge in [0, 0.05) is 31.4 Å². The fraction of sp³-hybridized carbons (Fsp3) is 0.273. The van der Waals surface area contributed by atoms with Crippen LogP contribution in [0.4, 0.5) is 5.82 Å². The highest BCUT2D eigenvalue weighted by Gasteiger charge is 2.16. The van der Waals surface area contributed by atoms with Crippen molar-refractivity contribution in [1.29, 1.82) is 0 Å². The number of anilines is 1. The number of nitrogens with zero attached hydrogens (tertiary/aromatic N) is 2. The van der Waals surface area contributed by atoms with Crippen molar-refractivity contribution in [1.82, 2.24) is 10.3 Å². The summed E-state index contributed by atoms with van der Waals surface area (Å²) in [5, 5.41) is 5.04. The number of pyridine rings is 1. The number of nitrogens with one attached hydrogen (secondary N) is 1. The number of thiophene rings is 1. The summed E-state index contributed by atoms with van der Waals surface area (Å²) in [7, 11) is 0. The molecule has 1 saturated heterocycles. The molecule has 0 saturated carbocycles. The van der Waals surface area contributed by atoms with Crippen LogP contribution in [0.1, 0.15) is 33.6 Å². The Hall–Kier alpha value is -2.66. The predicted octanol–water partition coefficient (Wildman–Crippen LogP) is 4.65. The van der Waals surface area contributed by atoms with Crippen molar-refractivity contribution < 1.29 is 4.79 Å². The zero-order valence-electron chi connectivity index (χ0n) is 15.4. The summed E-state index contributed by atoms with van der Waals surface area (Å²) in [4.78, 5) is 20.3. The molecule has 1 aliphatic heterocycles. The molecule has 1 aliphatic rings. The van der Waals surface area contributed by atoms with Crippen LogP contribution in [0.3, 0.4) is 0 Å². The minimum Gasteiger partial charge on any atom is -0.357 e. The molecule has 0 unspecified atom stereocenters. The molecule has 3 aromatic rings. The summed E-state index contributed by atoms with van der Waals surface area (Å²) in [6.45, 7) is 4.71. The van der Waals surface area contributed by atoms with Gasteiger partial charge in [0.1, 0.15) is 5.82 Å². The molecule has 4 rings (SSSR count). The van der Waals surface area contributed by atoms with Crippen LogP contribution in [0.2, 0.25) is 0 Å². The standard InChI is InChI=1S/C22H23N3OS/c1-16-4-6-18(7-5-16)19-9-13-27-21(19)22(26)24-15-17-8-10-23-20(14-17)25-11-2-3-12-25/h4-10,13-14H,2-3,11-12,15H2,1H3,(H,24,26). The van der Waals surface area contributed by atoms with Crippen LogP contribution >= 0.6 is 11.3 Å². The van der Waals surface area contributed by atoms with Crippen molar-refractivity contribution in [2.24, 2.45) is 0 Å². The van der Waals surface area contributed by atoms with Crippen LogP contribution in [-0.4, -0.2) is 24.0 Å². The summed E-state index contributed by atoms with van der Waals surface area (Å²) < 4.78 is 0. The fourth-order valence-corrected chi connectivity index (χ4v) is 4.23. The molecule has 1 fully saturated rings. The molecule has 5 heteroatoms. The number of carbonyl (C=O) groups excluding carboxylic acids is 1. The average Bonchev–Trinajstić information content (AvgIpc) is 3.39. The number of aromatic nitrogens is 1. The van der Waals surface area contributed by atoms with E-state index >= 15 is 0 Å². The number of amides is 1. The molecule has 0 atom stereocenters. The lowest BCUT2D eigenvalue weighted by atomic mass is 10.0. The molecule has 138 valence electrons. The zero-order valence-corrected chi connectivity index (χ0v) is 16.3. The Balaban J connectivity index is 1.45. The van der Waals surface area contributed by atoms with Gasteiger partial charge in [0.15, 0.2) is 0 Å². The van der Waals surface area contributed by atoms with Crippen molar-refractivity contribution in [2.45, 2.75) is 26.3 Å². The summed E-state index contributed by atoms with van der Waals surface area (Å²) in [6.07, 6.45) is 4.28. The molecule has 0 aliphatic carbocycles. The van der Waals surface area contributed by atoms with Gasteiger partial charge in [-0.25, -0.2) is 4.98 Å². The van der Waals surface area contributed by atoms with Gasteiger partial charge in [-0.3, -0.25) is 4.79 Å². The first kappa shape index (κ1) is 17.7. The molecule has 4 nitrogen and oxygen atoms in total. The van der Waals surface area contributed by atoms with Gasteiger partial charge < -0.3 is 10.2 Å². The van der Waals surface area contributed by atoms with Gasteiger partial charge in [0.2, 0.25) is 0 Å². The molecule has 2 aromatic heterocycles. The van der Waals surface area contributed by atoms with Crippen molar-refractivity contribution >= 4 is 23.1 Å². The van der Waals surface area contributed by atoms with Crippen molar-refractivity contribution in [3.63, 3.8) is 0 Å². The van der Waals surface area contributed by atoms with E-state index in [4.69, 9.17) is 0 Å². The molecule has 3 heterocycles. The summed E-state index contributed by atoms with van der Waals surface area (Å²) >= 11 is 1.48. The highest BCUT2D eigenvalue weighted by atomic mass is 32.1. The lowest BCUT2D eigenvalue weighted by molar-refractivity contribution is 0.0955. The van der Waals surface area contributed by atoms with Gasteiger partial charge in [-0.1, -0.05) is 29.8 Å². The largest absolute Gasteiger partial charge is 0.357 e. The maximum atomic E-state index is 12.8. The van der Waals surface area contributed by atoms with Gasteiger partial charge >= 0.3 is 0 Å². The molecule has 1 N–H and O–H groups in total. The van der Waals surface area contributed by atoms with E-state index in [1.54, 1.807) is 0 Å². The van der Waals surface area contributed by atoms with E-state index in [2.05, 4.69) is 52.5 Å². The van der Waals surface area contributed by atoms with Crippen LogP contribution in [0, 0.1) is 6.92 Å². The second kappa shape index (κ2) is 7.92. The molecule has 0 radical (unpaired) electrons. The number of carbonyl (C=O) groups is 1. The van der Waals surface area contributed by atoms with Crippen molar-refractivity contribution in [3.8, 4) is 11.1 Å². The Labute approximate surface area is 163 Å². The SMILES string of the molecule is Cc1ccc(-c2ccsc2C(=O)NCc2ccnc(N3CCCC3)c2)cc1. The van der Waals surface area contributed by atoms with E-state index in [1.807, 2.05) is 23.7 Å². The molecule has 0 spiro atoms. The Bertz CT molecular complexity index is 927. The van der Waals surface area contributed by atoms with E-state index in [1.165, 1.54) is 29.7 Å². The van der Waals surface area contributed by atoms with E-state index in [0.717, 1.165) is 40.5 Å². The van der Waals surface area contributed by atoms with Crippen molar-refractivity contribution in [2.75, 3.05) is 18.0 Å². The van der Waals surface area contributed by atoms with Crippen LogP contribution in [0.25, 0.3) is 11.1 Å². The minimum atomic E-state index is -0.0277. The van der Waals surface area contributed by atoms with Gasteiger partial charge in [-0.15, -0.1) is 11.3 Å². The Morgan fingerprint density at radius 2 is 1.93 bits per heavy atom. The Morgan fingerprint density at radius 3 is 2.70 bits per heavy atom. The van der Waals surface area contributed by atoms with E-state index < -0.39 is 0 Å². The second-order valence-electron chi connectivity index (χ2n) is 6.93. The third-order valence-corrected chi connectivity index (χ3v) is 5.84. The highest BCUT2D eigenvalue weighted by Crippen LogP contribution is 2.28. The van der Waals surface area contributed by atoms with Gasteiger partial charge in [0.25, 0.3) is 5.91 Å². The predicted molar refractivity (Wildman–Crippen MR) is 111 cm³/mol. The highest BCUT2D eigenvalue weighted by molar-refractivity contribution is 7.12. The quantitative estimate of drug-likeness (QED) is 0.704. The van der Waals surface area contributed by atoms with Crippen LogP contribution in [-0.2, 0) is 6.54 Å². The lowest BCUT2D eigenvalue weighted by Crippen LogP contribution is -2.23. The maximum absolute atomic E-state index is 12.8. The number of benzene rings is 1. The normalized spacial score (nSPS) is 13.7. The number of hydrogen-bond acceptors (Lipinski definition) is 4. The lowest BCUT2D eigenvalue weighted by Gasteiger charge is -2.17. The van der Waals surface area contributed by atoms with E-state index in [-0.39, 0.29) is 5.91 Å². The molecular formula is C22H23N3OS. The van der Waals surface area contributed by atoms with E-state index in [9.17, 15) is 4.79 Å². The average molecular weight is 378 g/mol. The third-order valence-electron chi connectivity index (χ3n) is 4.93. The second-order valence-corrected chi connectivity index (χ2v) is 7.84. The number of aryl methyl sites for hydroxylation is 1. The number of rotatable bonds is 5. The molecule has 1 aromatic carbocycles.